The second-order valence-corrected chi connectivity index (χ2v) is 5.06. The Kier molecular flexibility index (Phi) is 3.63. The fraction of sp³-hybridized carbons (Fsp3) is 0.714. The van der Waals surface area contributed by atoms with Gasteiger partial charge in [0.1, 0.15) is 0 Å². The van der Waals surface area contributed by atoms with Gasteiger partial charge in [-0.05, 0) is 44.9 Å². The van der Waals surface area contributed by atoms with Crippen molar-refractivity contribution in [2.24, 2.45) is 5.92 Å². The molecule has 2 aliphatic carbocycles. The highest BCUT2D eigenvalue weighted by atomic mass is 16.5. The van der Waals surface area contributed by atoms with Crippen LogP contribution in [0.4, 0.5) is 0 Å². The van der Waals surface area contributed by atoms with E-state index in [1.807, 2.05) is 0 Å². The summed E-state index contributed by atoms with van der Waals surface area (Å²) in [6, 6.07) is 0. The van der Waals surface area contributed by atoms with E-state index in [1.54, 1.807) is 0 Å². The van der Waals surface area contributed by atoms with Gasteiger partial charge in [0.05, 0.1) is 12.2 Å². The molecular formula is C14H22O. The van der Waals surface area contributed by atoms with E-state index in [-0.39, 0.29) is 0 Å². The van der Waals surface area contributed by atoms with Crippen molar-refractivity contribution < 1.29 is 4.74 Å². The highest BCUT2D eigenvalue weighted by molar-refractivity contribution is 5.07. The first kappa shape index (κ1) is 10.9. The molecule has 0 spiro atoms. The van der Waals surface area contributed by atoms with E-state index >= 15 is 0 Å². The van der Waals surface area contributed by atoms with Gasteiger partial charge >= 0.3 is 0 Å². The molecule has 0 radical (unpaired) electrons. The van der Waals surface area contributed by atoms with Gasteiger partial charge in [-0.3, -0.25) is 0 Å². The Hall–Kier alpha value is -0.560. The summed E-state index contributed by atoms with van der Waals surface area (Å²) in [5.74, 6) is 0.744. The Balaban J connectivity index is 1.86. The number of allylic oxidation sites excluding steroid dienone is 2. The van der Waals surface area contributed by atoms with Gasteiger partial charge in [-0.1, -0.05) is 30.7 Å². The highest BCUT2D eigenvalue weighted by Crippen LogP contribution is 2.25. The summed E-state index contributed by atoms with van der Waals surface area (Å²) in [7, 11) is 0. The molecule has 0 aromatic carbocycles. The molecule has 0 aromatic heterocycles. The average Bonchev–Trinajstić information content (AvgIpc) is 2.22. The highest BCUT2D eigenvalue weighted by Gasteiger charge is 2.18. The molecule has 0 saturated heterocycles. The molecule has 0 heterocycles. The van der Waals surface area contributed by atoms with Gasteiger partial charge in [0.25, 0.3) is 0 Å². The van der Waals surface area contributed by atoms with Crippen LogP contribution in [0.25, 0.3) is 0 Å². The Morgan fingerprint density at radius 2 is 2.00 bits per heavy atom. The van der Waals surface area contributed by atoms with Gasteiger partial charge in [0, 0.05) is 0 Å². The maximum absolute atomic E-state index is 6.09. The molecule has 0 bridgehead atoms. The van der Waals surface area contributed by atoms with Crippen molar-refractivity contribution in [1.29, 1.82) is 0 Å². The van der Waals surface area contributed by atoms with E-state index in [9.17, 15) is 0 Å². The molecule has 84 valence electrons. The monoisotopic (exact) mass is 206 g/mol. The van der Waals surface area contributed by atoms with Gasteiger partial charge in [0.2, 0.25) is 0 Å². The molecule has 0 fully saturated rings. The molecule has 0 N–H and O–H groups in total. The van der Waals surface area contributed by atoms with E-state index in [2.05, 4.69) is 32.1 Å². The molecule has 1 heteroatoms. The molecule has 2 rings (SSSR count). The largest absolute Gasteiger partial charge is 0.367 e. The zero-order valence-corrected chi connectivity index (χ0v) is 9.91. The van der Waals surface area contributed by atoms with Crippen LogP contribution >= 0.6 is 0 Å². The van der Waals surface area contributed by atoms with Gasteiger partial charge in [-0.25, -0.2) is 0 Å². The molecule has 1 nitrogen and oxygen atoms in total. The molecule has 0 saturated carbocycles. The maximum atomic E-state index is 6.09. The van der Waals surface area contributed by atoms with Crippen molar-refractivity contribution in [2.75, 3.05) is 0 Å². The van der Waals surface area contributed by atoms with E-state index in [0.29, 0.717) is 12.2 Å². The lowest BCUT2D eigenvalue weighted by Crippen LogP contribution is -2.23. The Bertz CT molecular complexity index is 265. The number of hydrogen-bond donors (Lipinski definition) is 0. The minimum absolute atomic E-state index is 0.369. The lowest BCUT2D eigenvalue weighted by molar-refractivity contribution is 0.0229. The molecule has 3 unspecified atom stereocenters. The first-order chi connectivity index (χ1) is 7.24. The third-order valence-electron chi connectivity index (χ3n) is 3.44. The fourth-order valence-electron chi connectivity index (χ4n) is 2.44. The second kappa shape index (κ2) is 4.98. The Labute approximate surface area is 93.2 Å². The average molecular weight is 206 g/mol. The van der Waals surface area contributed by atoms with E-state index in [0.717, 1.165) is 5.92 Å². The first-order valence-electron chi connectivity index (χ1n) is 6.25. The van der Waals surface area contributed by atoms with Crippen LogP contribution in [0.3, 0.4) is 0 Å². The van der Waals surface area contributed by atoms with Gasteiger partial charge in [-0.15, -0.1) is 0 Å². The Morgan fingerprint density at radius 1 is 1.13 bits per heavy atom. The van der Waals surface area contributed by atoms with Crippen LogP contribution in [-0.4, -0.2) is 12.2 Å². The van der Waals surface area contributed by atoms with E-state index < -0.39 is 0 Å². The van der Waals surface area contributed by atoms with Crippen molar-refractivity contribution in [3.05, 3.63) is 23.8 Å². The zero-order valence-electron chi connectivity index (χ0n) is 9.91. The van der Waals surface area contributed by atoms with Gasteiger partial charge in [-0.2, -0.15) is 0 Å². The third kappa shape index (κ3) is 3.20. The summed E-state index contributed by atoms with van der Waals surface area (Å²) < 4.78 is 6.09. The predicted octanol–water partition coefficient (Wildman–Crippen LogP) is 3.86. The number of hydrogen-bond acceptors (Lipinski definition) is 1. The number of rotatable bonds is 2. The van der Waals surface area contributed by atoms with Crippen LogP contribution in [-0.2, 0) is 4.74 Å². The maximum Gasteiger partial charge on any atom is 0.0766 e. The minimum Gasteiger partial charge on any atom is -0.367 e. The SMILES string of the molecule is CC1=CC(OC2C=CC(C)CC2)CCC1. The van der Waals surface area contributed by atoms with Crippen LogP contribution < -0.4 is 0 Å². The molecule has 2 aliphatic rings. The zero-order chi connectivity index (χ0) is 10.7. The summed E-state index contributed by atoms with van der Waals surface area (Å²) in [4.78, 5) is 0. The molecule has 0 aliphatic heterocycles. The smallest absolute Gasteiger partial charge is 0.0766 e. The van der Waals surface area contributed by atoms with Crippen LogP contribution in [0.5, 0.6) is 0 Å². The lowest BCUT2D eigenvalue weighted by Gasteiger charge is -2.27. The topological polar surface area (TPSA) is 9.23 Å². The quantitative estimate of drug-likeness (QED) is 0.623. The summed E-state index contributed by atoms with van der Waals surface area (Å²) >= 11 is 0. The van der Waals surface area contributed by atoms with Crippen molar-refractivity contribution in [3.8, 4) is 0 Å². The van der Waals surface area contributed by atoms with Crippen LogP contribution in [0, 0.1) is 5.92 Å². The molecule has 0 amide bonds. The lowest BCUT2D eigenvalue weighted by atomic mass is 9.95. The standard InChI is InChI=1S/C14H22O/c1-11-6-8-13(9-7-11)15-14-5-3-4-12(2)10-14/h6,8,10-11,13-14H,3-5,7,9H2,1-2H3. The van der Waals surface area contributed by atoms with Crippen LogP contribution in [0.2, 0.25) is 0 Å². The molecule has 0 aromatic rings. The normalized spacial score (nSPS) is 36.4. The minimum atomic E-state index is 0.369. The van der Waals surface area contributed by atoms with E-state index in [4.69, 9.17) is 4.74 Å². The van der Waals surface area contributed by atoms with Gasteiger partial charge < -0.3 is 4.74 Å². The van der Waals surface area contributed by atoms with Crippen LogP contribution in [0.1, 0.15) is 46.0 Å². The first-order valence-corrected chi connectivity index (χ1v) is 6.25. The van der Waals surface area contributed by atoms with Crippen molar-refractivity contribution in [2.45, 2.75) is 58.2 Å². The summed E-state index contributed by atoms with van der Waals surface area (Å²) in [6.45, 7) is 4.49. The Morgan fingerprint density at radius 3 is 2.67 bits per heavy atom. The predicted molar refractivity (Wildman–Crippen MR) is 63.8 cm³/mol. The third-order valence-corrected chi connectivity index (χ3v) is 3.44. The van der Waals surface area contributed by atoms with Crippen molar-refractivity contribution in [1.82, 2.24) is 0 Å². The van der Waals surface area contributed by atoms with E-state index in [1.165, 1.54) is 37.7 Å². The molecule has 3 atom stereocenters. The molecule has 15 heavy (non-hydrogen) atoms. The van der Waals surface area contributed by atoms with Gasteiger partial charge in [0.15, 0.2) is 0 Å². The van der Waals surface area contributed by atoms with Crippen molar-refractivity contribution in [3.63, 3.8) is 0 Å². The van der Waals surface area contributed by atoms with Crippen molar-refractivity contribution >= 4 is 0 Å². The van der Waals surface area contributed by atoms with Crippen LogP contribution in [0.15, 0.2) is 23.8 Å². The molecular weight excluding hydrogens is 184 g/mol. The summed E-state index contributed by atoms with van der Waals surface area (Å²) in [6.07, 6.45) is 13.8. The number of ether oxygens (including phenoxy) is 1. The second-order valence-electron chi connectivity index (χ2n) is 5.06. The fourth-order valence-corrected chi connectivity index (χ4v) is 2.44. The summed E-state index contributed by atoms with van der Waals surface area (Å²) in [5.41, 5.74) is 1.50. The summed E-state index contributed by atoms with van der Waals surface area (Å²) in [5, 5.41) is 0.